The average molecular weight is 241 g/mol. The molecule has 2 unspecified atom stereocenters. The van der Waals surface area contributed by atoms with E-state index in [9.17, 15) is 9.36 Å². The highest BCUT2D eigenvalue weighted by molar-refractivity contribution is 7.56. The van der Waals surface area contributed by atoms with Gasteiger partial charge in [-0.05, 0) is 6.92 Å². The van der Waals surface area contributed by atoms with Gasteiger partial charge in [0.25, 0.3) is 7.52 Å². The van der Waals surface area contributed by atoms with Crippen LogP contribution in [-0.4, -0.2) is 48.9 Å². The second-order valence-corrected chi connectivity index (χ2v) is 4.96. The van der Waals surface area contributed by atoms with Gasteiger partial charge in [-0.1, -0.05) is 0 Å². The van der Waals surface area contributed by atoms with Crippen LogP contribution in [-0.2, 0) is 18.6 Å². The van der Waals surface area contributed by atoms with E-state index in [1.807, 2.05) is 0 Å². The predicted molar refractivity (Wildman–Crippen MR) is 52.8 cm³/mol. The molecule has 7 nitrogen and oxygen atoms in total. The first-order valence-electron chi connectivity index (χ1n) is 4.29. The van der Waals surface area contributed by atoms with Gasteiger partial charge in [0.2, 0.25) is 0 Å². The van der Waals surface area contributed by atoms with Crippen LogP contribution in [0, 0.1) is 0 Å². The number of ether oxygens (including phenoxy) is 1. The summed E-state index contributed by atoms with van der Waals surface area (Å²) in [4.78, 5) is 10.5. The maximum absolute atomic E-state index is 11.9. The molecule has 3 N–H and O–H groups in total. The van der Waals surface area contributed by atoms with E-state index in [1.165, 1.54) is 14.0 Å². The summed E-state index contributed by atoms with van der Waals surface area (Å²) in [6.07, 6.45) is -0.245. The van der Waals surface area contributed by atoms with Gasteiger partial charge in [-0.2, -0.15) is 0 Å². The Bertz CT molecular complexity index is 246. The number of aliphatic carboxylic acids is 1. The summed E-state index contributed by atoms with van der Waals surface area (Å²) in [6.45, 7) is 0.907. The van der Waals surface area contributed by atoms with Crippen molar-refractivity contribution in [3.63, 3.8) is 0 Å². The van der Waals surface area contributed by atoms with E-state index in [0.29, 0.717) is 0 Å². The first-order chi connectivity index (χ1) is 6.95. The minimum atomic E-state index is -3.36. The third-order valence-corrected chi connectivity index (χ3v) is 3.43. The highest BCUT2D eigenvalue weighted by atomic mass is 31.2. The van der Waals surface area contributed by atoms with Crippen molar-refractivity contribution in [3.8, 4) is 0 Å². The standard InChI is InChI=1S/C7H16NO6P/c1-6(7(10)11)8-15(12,5-13-2)14-4-3-9/h6,9H,3-5H2,1-2H3,(H,8,12)(H,10,11). The van der Waals surface area contributed by atoms with Gasteiger partial charge in [0.1, 0.15) is 12.4 Å². The number of carboxylic acids is 1. The Morgan fingerprint density at radius 1 is 1.60 bits per heavy atom. The Morgan fingerprint density at radius 3 is 2.60 bits per heavy atom. The number of aliphatic hydroxyl groups excluding tert-OH is 1. The molecule has 0 spiro atoms. The number of hydrogen-bond acceptors (Lipinski definition) is 5. The van der Waals surface area contributed by atoms with Crippen molar-refractivity contribution in [2.75, 3.05) is 26.7 Å². The molecule has 0 saturated heterocycles. The molecule has 0 aromatic heterocycles. The molecule has 0 fully saturated rings. The molecule has 0 aromatic carbocycles. The van der Waals surface area contributed by atoms with Crippen LogP contribution in [0.5, 0.6) is 0 Å². The van der Waals surface area contributed by atoms with Crippen LogP contribution in [0.2, 0.25) is 0 Å². The monoisotopic (exact) mass is 241 g/mol. The van der Waals surface area contributed by atoms with Crippen molar-refractivity contribution >= 4 is 13.5 Å². The second-order valence-electron chi connectivity index (χ2n) is 2.84. The summed E-state index contributed by atoms with van der Waals surface area (Å²) in [6, 6.07) is -1.01. The van der Waals surface area contributed by atoms with Crippen molar-refractivity contribution in [2.45, 2.75) is 13.0 Å². The first kappa shape index (κ1) is 14.5. The zero-order chi connectivity index (χ0) is 11.9. The predicted octanol–water partition coefficient (Wildman–Crippen LogP) is -0.145. The molecule has 90 valence electrons. The van der Waals surface area contributed by atoms with E-state index >= 15 is 0 Å². The molecule has 0 heterocycles. The van der Waals surface area contributed by atoms with Crippen LogP contribution in [0.4, 0.5) is 0 Å². The van der Waals surface area contributed by atoms with Gasteiger partial charge in [0.15, 0.2) is 0 Å². The quantitative estimate of drug-likeness (QED) is 0.507. The van der Waals surface area contributed by atoms with Gasteiger partial charge in [-0.3, -0.25) is 9.36 Å². The largest absolute Gasteiger partial charge is 0.480 e. The molecule has 0 aliphatic heterocycles. The highest BCUT2D eigenvalue weighted by Crippen LogP contribution is 2.42. The number of nitrogens with one attached hydrogen (secondary N) is 1. The minimum absolute atomic E-state index is 0.139. The highest BCUT2D eigenvalue weighted by Gasteiger charge is 2.27. The van der Waals surface area contributed by atoms with Gasteiger partial charge in [-0.25, -0.2) is 5.09 Å². The SMILES string of the molecule is COCP(=O)(NC(C)C(=O)O)OCCO. The zero-order valence-electron chi connectivity index (χ0n) is 8.67. The zero-order valence-corrected chi connectivity index (χ0v) is 9.57. The Hall–Kier alpha value is -0.460. The second kappa shape index (κ2) is 6.92. The number of methoxy groups -OCH3 is 1. The Balaban J connectivity index is 4.36. The van der Waals surface area contributed by atoms with Crippen molar-refractivity contribution in [3.05, 3.63) is 0 Å². The fourth-order valence-electron chi connectivity index (χ4n) is 0.820. The third-order valence-electron chi connectivity index (χ3n) is 1.45. The van der Waals surface area contributed by atoms with Crippen molar-refractivity contribution in [1.82, 2.24) is 5.09 Å². The molecule has 0 rings (SSSR count). The molecule has 15 heavy (non-hydrogen) atoms. The summed E-state index contributed by atoms with van der Waals surface area (Å²) >= 11 is 0. The Kier molecular flexibility index (Phi) is 6.71. The summed E-state index contributed by atoms with van der Waals surface area (Å²) in [5.74, 6) is -1.14. The van der Waals surface area contributed by atoms with Crippen LogP contribution in [0.25, 0.3) is 0 Å². The van der Waals surface area contributed by atoms with Crippen LogP contribution in [0.1, 0.15) is 6.92 Å². The topological polar surface area (TPSA) is 105 Å². The molecule has 0 saturated carbocycles. The fraction of sp³-hybridized carbons (Fsp3) is 0.857. The van der Waals surface area contributed by atoms with Crippen molar-refractivity contribution in [1.29, 1.82) is 0 Å². The van der Waals surface area contributed by atoms with Gasteiger partial charge in [-0.15, -0.1) is 0 Å². The van der Waals surface area contributed by atoms with E-state index in [0.717, 1.165) is 0 Å². The summed E-state index contributed by atoms with van der Waals surface area (Å²) in [5, 5.41) is 19.4. The van der Waals surface area contributed by atoms with Crippen LogP contribution >= 0.6 is 7.52 Å². The van der Waals surface area contributed by atoms with E-state index in [-0.39, 0.29) is 19.6 Å². The first-order valence-corrected chi connectivity index (χ1v) is 6.10. The molecular weight excluding hydrogens is 225 g/mol. The van der Waals surface area contributed by atoms with E-state index in [1.54, 1.807) is 0 Å². The maximum Gasteiger partial charge on any atom is 0.320 e. The van der Waals surface area contributed by atoms with Gasteiger partial charge < -0.3 is 19.5 Å². The lowest BCUT2D eigenvalue weighted by molar-refractivity contribution is -0.138. The number of hydrogen-bond donors (Lipinski definition) is 3. The van der Waals surface area contributed by atoms with Gasteiger partial charge >= 0.3 is 5.97 Å². The molecule has 0 aliphatic carbocycles. The van der Waals surface area contributed by atoms with Gasteiger partial charge in [0, 0.05) is 7.11 Å². The summed E-state index contributed by atoms with van der Waals surface area (Å²) in [7, 11) is -2.04. The maximum atomic E-state index is 11.9. The smallest absolute Gasteiger partial charge is 0.320 e. The van der Waals surface area contributed by atoms with Crippen LogP contribution in [0.3, 0.4) is 0 Å². The number of carbonyl (C=O) groups is 1. The molecule has 8 heteroatoms. The van der Waals surface area contributed by atoms with Crippen molar-refractivity contribution < 1.29 is 28.8 Å². The molecule has 0 aromatic rings. The van der Waals surface area contributed by atoms with Crippen molar-refractivity contribution in [2.24, 2.45) is 0 Å². The molecule has 0 radical (unpaired) electrons. The molecular formula is C7H16NO6P. The Morgan fingerprint density at radius 2 is 2.20 bits per heavy atom. The lowest BCUT2D eigenvalue weighted by Gasteiger charge is -2.20. The van der Waals surface area contributed by atoms with Gasteiger partial charge in [0.05, 0.1) is 13.2 Å². The number of carboxylic acid groups (broad SMARTS) is 1. The fourth-order valence-corrected chi connectivity index (χ4v) is 2.46. The third kappa shape index (κ3) is 5.86. The van der Waals surface area contributed by atoms with E-state index in [4.69, 9.17) is 14.7 Å². The Labute approximate surface area is 87.9 Å². The van der Waals surface area contributed by atoms with Crippen LogP contribution in [0.15, 0.2) is 0 Å². The van der Waals surface area contributed by atoms with Crippen LogP contribution < -0.4 is 5.09 Å². The number of aliphatic hydroxyl groups is 1. The average Bonchev–Trinajstić information content (AvgIpc) is 2.15. The lowest BCUT2D eigenvalue weighted by Crippen LogP contribution is -2.33. The molecule has 0 bridgehead atoms. The van der Waals surface area contributed by atoms with E-state index in [2.05, 4.69) is 9.82 Å². The number of rotatable bonds is 8. The lowest BCUT2D eigenvalue weighted by atomic mass is 10.4. The normalized spacial score (nSPS) is 17.0. The molecule has 2 atom stereocenters. The summed E-state index contributed by atoms with van der Waals surface area (Å²) in [5.41, 5.74) is 0. The summed E-state index contributed by atoms with van der Waals surface area (Å²) < 4.78 is 21.4. The molecule has 0 aliphatic rings. The minimum Gasteiger partial charge on any atom is -0.480 e. The van der Waals surface area contributed by atoms with E-state index < -0.39 is 19.5 Å². The molecule has 0 amide bonds.